The van der Waals surface area contributed by atoms with Gasteiger partial charge in [-0.05, 0) is 32.0 Å². The summed E-state index contributed by atoms with van der Waals surface area (Å²) in [5.74, 6) is -0.316. The van der Waals surface area contributed by atoms with Crippen molar-refractivity contribution < 1.29 is 19.1 Å². The lowest BCUT2D eigenvalue weighted by atomic mass is 10.1. The van der Waals surface area contributed by atoms with E-state index in [9.17, 15) is 9.59 Å². The van der Waals surface area contributed by atoms with Crippen LogP contribution in [0.3, 0.4) is 0 Å². The molecule has 0 spiro atoms. The topological polar surface area (TPSA) is 77.5 Å². The fraction of sp³-hybridized carbons (Fsp3) is 0.438. The van der Waals surface area contributed by atoms with E-state index in [-0.39, 0.29) is 0 Å². The number of hydrogen-bond acceptors (Lipinski definition) is 6. The Morgan fingerprint density at radius 3 is 2.76 bits per heavy atom. The zero-order valence-corrected chi connectivity index (χ0v) is 15.9. The molecule has 25 heavy (non-hydrogen) atoms. The fourth-order valence-electron chi connectivity index (χ4n) is 2.28. The van der Waals surface area contributed by atoms with Crippen LogP contribution in [-0.4, -0.2) is 34.4 Å². The molecule has 6 nitrogen and oxygen atoms in total. The number of nitrogens with one attached hydrogen (secondary N) is 1. The molecule has 1 saturated carbocycles. The molecule has 1 aromatic heterocycles. The number of halogens is 2. The van der Waals surface area contributed by atoms with Gasteiger partial charge >= 0.3 is 5.97 Å². The average Bonchev–Trinajstić information content (AvgIpc) is 2.89. The van der Waals surface area contributed by atoms with Gasteiger partial charge in [0.15, 0.2) is 11.7 Å². The number of benzene rings is 1. The molecule has 1 fully saturated rings. The Kier molecular flexibility index (Phi) is 4.83. The van der Waals surface area contributed by atoms with E-state index in [0.717, 1.165) is 16.0 Å². The summed E-state index contributed by atoms with van der Waals surface area (Å²) in [5.41, 5.74) is -0.206. The van der Waals surface area contributed by atoms with Gasteiger partial charge in [0.2, 0.25) is 0 Å². The van der Waals surface area contributed by atoms with Gasteiger partial charge in [-0.15, -0.1) is 23.2 Å². The smallest absolute Gasteiger partial charge is 0.315 e. The second kappa shape index (κ2) is 6.63. The lowest BCUT2D eigenvalue weighted by molar-refractivity contribution is -0.152. The largest absolute Gasteiger partial charge is 0.494 e. The van der Waals surface area contributed by atoms with Gasteiger partial charge in [-0.1, -0.05) is 11.3 Å². The van der Waals surface area contributed by atoms with Crippen LogP contribution in [0.1, 0.15) is 20.3 Å². The molecular formula is C16H16Cl2N2O4S. The zero-order valence-electron chi connectivity index (χ0n) is 13.6. The van der Waals surface area contributed by atoms with Crippen molar-refractivity contribution in [1.82, 2.24) is 4.98 Å². The maximum atomic E-state index is 12.0. The molecule has 0 unspecified atom stereocenters. The van der Waals surface area contributed by atoms with Crippen LogP contribution in [0.25, 0.3) is 10.2 Å². The lowest BCUT2D eigenvalue weighted by Crippen LogP contribution is -2.26. The molecular weight excluding hydrogens is 387 g/mol. The molecule has 134 valence electrons. The van der Waals surface area contributed by atoms with Crippen LogP contribution in [0.4, 0.5) is 5.13 Å². The first kappa shape index (κ1) is 18.2. The lowest BCUT2D eigenvalue weighted by Gasteiger charge is -2.11. The van der Waals surface area contributed by atoms with Gasteiger partial charge in [0, 0.05) is 6.42 Å². The van der Waals surface area contributed by atoms with Crippen molar-refractivity contribution in [3.8, 4) is 5.75 Å². The van der Waals surface area contributed by atoms with Gasteiger partial charge in [-0.2, -0.15) is 0 Å². The highest BCUT2D eigenvalue weighted by atomic mass is 35.5. The molecule has 1 aromatic carbocycles. The van der Waals surface area contributed by atoms with Crippen LogP contribution in [-0.2, 0) is 14.3 Å². The highest BCUT2D eigenvalue weighted by Gasteiger charge is 2.69. The van der Waals surface area contributed by atoms with Crippen LogP contribution in [0.5, 0.6) is 5.75 Å². The number of alkyl halides is 2. The number of thiazole rings is 1. The van der Waals surface area contributed by atoms with E-state index in [1.165, 1.54) is 11.3 Å². The summed E-state index contributed by atoms with van der Waals surface area (Å²) in [6.45, 7) is 3.67. The third-order valence-corrected chi connectivity index (χ3v) is 6.00. The average molecular weight is 403 g/mol. The maximum absolute atomic E-state index is 12.0. The normalized spacial score (nSPS) is 21.0. The van der Waals surface area contributed by atoms with Gasteiger partial charge in [-0.25, -0.2) is 4.98 Å². The minimum atomic E-state index is -1.12. The van der Waals surface area contributed by atoms with Gasteiger partial charge in [0.25, 0.3) is 5.91 Å². The number of hydrogen-bond donors (Lipinski definition) is 1. The van der Waals surface area contributed by atoms with Crippen LogP contribution in [0.2, 0.25) is 0 Å². The Morgan fingerprint density at radius 2 is 2.12 bits per heavy atom. The number of nitrogens with zero attached hydrogens (tertiary/aromatic N) is 1. The number of carbonyl (C=O) groups is 2. The van der Waals surface area contributed by atoms with Crippen molar-refractivity contribution in [2.24, 2.45) is 5.41 Å². The molecule has 3 rings (SSSR count). The number of anilines is 1. The van der Waals surface area contributed by atoms with E-state index in [1.54, 1.807) is 6.92 Å². The van der Waals surface area contributed by atoms with Crippen molar-refractivity contribution in [2.45, 2.75) is 24.6 Å². The monoisotopic (exact) mass is 402 g/mol. The Hall–Kier alpha value is -1.57. The minimum absolute atomic E-state index is 0.309. The zero-order chi connectivity index (χ0) is 18.2. The standard InChI is InChI=1S/C16H16Cl2N2O4S/c1-3-23-9-4-5-10-11(6-9)25-14(19-10)20-12(21)7-24-13(22)15(2)8-16(15,17)18/h4-6H,3,7-8H2,1-2H3,(H,19,20,21)/t15-/m1/s1. The summed E-state index contributed by atoms with van der Waals surface area (Å²) in [7, 11) is 0. The second-order valence-corrected chi connectivity index (χ2v) is 8.43. The number of aromatic nitrogens is 1. The predicted molar refractivity (Wildman–Crippen MR) is 97.5 cm³/mol. The van der Waals surface area contributed by atoms with Crippen LogP contribution in [0.15, 0.2) is 18.2 Å². The quantitative estimate of drug-likeness (QED) is 0.587. The predicted octanol–water partition coefficient (Wildman–Crippen LogP) is 3.76. The maximum Gasteiger partial charge on any atom is 0.315 e. The number of rotatable bonds is 6. The van der Waals surface area contributed by atoms with E-state index in [0.29, 0.717) is 18.2 Å². The first-order chi connectivity index (χ1) is 11.7. The van der Waals surface area contributed by atoms with Crippen molar-refractivity contribution in [3.63, 3.8) is 0 Å². The molecule has 0 aliphatic heterocycles. The number of carbonyl (C=O) groups excluding carboxylic acids is 2. The molecule has 0 saturated heterocycles. The number of esters is 1. The Bertz CT molecular complexity index is 839. The SMILES string of the molecule is CCOc1ccc2nc(NC(=O)COC(=O)[C@@]3(C)CC3(Cl)Cl)sc2c1. The summed E-state index contributed by atoms with van der Waals surface area (Å²) in [5, 5.41) is 3.04. The van der Waals surface area contributed by atoms with Gasteiger partial charge in [0.1, 0.15) is 15.5 Å². The van der Waals surface area contributed by atoms with Crippen molar-refractivity contribution >= 4 is 61.8 Å². The van der Waals surface area contributed by atoms with Crippen LogP contribution in [0, 0.1) is 5.41 Å². The molecule has 0 bridgehead atoms. The molecule has 2 aromatic rings. The second-order valence-electron chi connectivity index (χ2n) is 5.92. The molecule has 1 aliphatic carbocycles. The molecule has 1 atom stereocenters. The molecule has 1 N–H and O–H groups in total. The third kappa shape index (κ3) is 3.68. The third-order valence-electron chi connectivity index (χ3n) is 3.96. The summed E-state index contributed by atoms with van der Waals surface area (Å²) in [4.78, 5) is 28.2. The first-order valence-electron chi connectivity index (χ1n) is 7.63. The van der Waals surface area contributed by atoms with Gasteiger partial charge in [0.05, 0.1) is 16.8 Å². The number of amides is 1. The van der Waals surface area contributed by atoms with Gasteiger partial charge in [-0.3, -0.25) is 14.9 Å². The molecule has 1 heterocycles. The van der Waals surface area contributed by atoms with E-state index >= 15 is 0 Å². The molecule has 9 heteroatoms. The summed E-state index contributed by atoms with van der Waals surface area (Å²) < 4.78 is 10.2. The van der Waals surface area contributed by atoms with Crippen LogP contribution >= 0.6 is 34.5 Å². The van der Waals surface area contributed by atoms with E-state index in [4.69, 9.17) is 32.7 Å². The highest BCUT2D eigenvalue weighted by molar-refractivity contribution is 7.22. The van der Waals surface area contributed by atoms with E-state index in [2.05, 4.69) is 10.3 Å². The number of ether oxygens (including phenoxy) is 2. The van der Waals surface area contributed by atoms with Gasteiger partial charge < -0.3 is 9.47 Å². The number of fused-ring (bicyclic) bond motifs is 1. The first-order valence-corrected chi connectivity index (χ1v) is 9.21. The van der Waals surface area contributed by atoms with E-state index < -0.39 is 28.2 Å². The minimum Gasteiger partial charge on any atom is -0.494 e. The summed E-state index contributed by atoms with van der Waals surface area (Å²) >= 11 is 13.1. The fourth-order valence-corrected chi connectivity index (χ4v) is 3.88. The van der Waals surface area contributed by atoms with E-state index in [1.807, 2.05) is 25.1 Å². The summed E-state index contributed by atoms with van der Waals surface area (Å²) in [6.07, 6.45) is 0.309. The molecule has 1 aliphatic rings. The van der Waals surface area contributed by atoms with Crippen molar-refractivity contribution in [3.05, 3.63) is 18.2 Å². The van der Waals surface area contributed by atoms with Crippen molar-refractivity contribution in [2.75, 3.05) is 18.5 Å². The Labute approximate surface area is 158 Å². The Balaban J connectivity index is 1.58. The highest BCUT2D eigenvalue weighted by Crippen LogP contribution is 2.64. The summed E-state index contributed by atoms with van der Waals surface area (Å²) in [6, 6.07) is 5.50. The Morgan fingerprint density at radius 1 is 1.40 bits per heavy atom. The van der Waals surface area contributed by atoms with Crippen LogP contribution < -0.4 is 10.1 Å². The molecule has 1 amide bonds. The molecule has 0 radical (unpaired) electrons. The van der Waals surface area contributed by atoms with Crippen molar-refractivity contribution in [1.29, 1.82) is 0 Å².